The molecule has 0 bridgehead atoms. The molecular formula is C30H34N4O4S2. The van der Waals surface area contributed by atoms with Crippen molar-refractivity contribution in [2.24, 2.45) is 0 Å². The predicted molar refractivity (Wildman–Crippen MR) is 159 cm³/mol. The van der Waals surface area contributed by atoms with Crippen LogP contribution in [-0.2, 0) is 21.3 Å². The zero-order valence-electron chi connectivity index (χ0n) is 22.9. The Labute approximate surface area is 239 Å². The van der Waals surface area contributed by atoms with E-state index >= 15 is 0 Å². The third-order valence-electron chi connectivity index (χ3n) is 7.05. The molecule has 0 spiro atoms. The van der Waals surface area contributed by atoms with Crippen molar-refractivity contribution in [2.75, 3.05) is 12.9 Å². The van der Waals surface area contributed by atoms with Gasteiger partial charge in [-0.25, -0.2) is 17.8 Å². The summed E-state index contributed by atoms with van der Waals surface area (Å²) in [6.07, 6.45) is 6.22. The molecule has 5 rings (SSSR count). The van der Waals surface area contributed by atoms with E-state index in [0.29, 0.717) is 11.1 Å². The Bertz CT molecular complexity index is 1590. The van der Waals surface area contributed by atoms with Crippen LogP contribution in [0.4, 0.5) is 0 Å². The number of thiophene rings is 1. The van der Waals surface area contributed by atoms with E-state index in [2.05, 4.69) is 39.7 Å². The summed E-state index contributed by atoms with van der Waals surface area (Å²) in [4.78, 5) is 14.5. The quantitative estimate of drug-likeness (QED) is 0.260. The molecule has 210 valence electrons. The van der Waals surface area contributed by atoms with Gasteiger partial charge in [-0.05, 0) is 97.1 Å². The van der Waals surface area contributed by atoms with Crippen molar-refractivity contribution in [3.63, 3.8) is 0 Å². The van der Waals surface area contributed by atoms with Crippen molar-refractivity contribution in [1.82, 2.24) is 19.8 Å². The number of carbonyl (C=O) groups excluding carboxylic acids is 1. The maximum Gasteiger partial charge on any atom is 0.252 e. The number of hydrogen-bond donors (Lipinski definition) is 2. The monoisotopic (exact) mass is 578 g/mol. The normalized spacial score (nSPS) is 16.5. The maximum atomic E-state index is 13.4. The molecule has 4 aromatic rings. The number of aryl methyl sites for hydroxylation is 1. The summed E-state index contributed by atoms with van der Waals surface area (Å²) < 4.78 is 33.3. The van der Waals surface area contributed by atoms with Gasteiger partial charge in [0.05, 0.1) is 18.0 Å². The fourth-order valence-electron chi connectivity index (χ4n) is 4.82. The van der Waals surface area contributed by atoms with Gasteiger partial charge in [-0.3, -0.25) is 4.79 Å². The van der Waals surface area contributed by atoms with E-state index in [9.17, 15) is 13.2 Å². The zero-order valence-corrected chi connectivity index (χ0v) is 24.5. The smallest absolute Gasteiger partial charge is 0.252 e. The first-order valence-corrected chi connectivity index (χ1v) is 16.1. The van der Waals surface area contributed by atoms with Gasteiger partial charge >= 0.3 is 0 Å². The van der Waals surface area contributed by atoms with Gasteiger partial charge in [-0.1, -0.05) is 18.2 Å². The Morgan fingerprint density at radius 3 is 2.70 bits per heavy atom. The van der Waals surface area contributed by atoms with Gasteiger partial charge in [0.15, 0.2) is 0 Å². The number of nitrogens with zero attached hydrogens (tertiary/aromatic N) is 2. The lowest BCUT2D eigenvalue weighted by molar-refractivity contribution is -0.0393. The van der Waals surface area contributed by atoms with Crippen LogP contribution in [0.5, 0.6) is 0 Å². The molecule has 2 aromatic heterocycles. The zero-order chi connectivity index (χ0) is 28.3. The predicted octanol–water partition coefficient (Wildman–Crippen LogP) is 5.83. The topological polar surface area (TPSA) is 102 Å². The molecule has 2 atom stereocenters. The second kappa shape index (κ2) is 12.1. The van der Waals surface area contributed by atoms with Gasteiger partial charge in [-0.2, -0.15) is 5.10 Å². The molecule has 3 heterocycles. The molecule has 0 aliphatic carbocycles. The van der Waals surface area contributed by atoms with Crippen molar-refractivity contribution in [1.29, 1.82) is 0 Å². The molecule has 40 heavy (non-hydrogen) atoms. The average molecular weight is 579 g/mol. The fraction of sp³-hybridized carbons (Fsp3) is 0.333. The number of aromatic nitrogens is 2. The third kappa shape index (κ3) is 6.87. The van der Waals surface area contributed by atoms with E-state index in [4.69, 9.17) is 9.84 Å². The Morgan fingerprint density at radius 1 is 1.15 bits per heavy atom. The van der Waals surface area contributed by atoms with Crippen LogP contribution in [-0.4, -0.2) is 37.0 Å². The van der Waals surface area contributed by atoms with E-state index < -0.39 is 10.0 Å². The minimum Gasteiger partial charge on any atom is -0.357 e. The number of nitrogens with one attached hydrogen (secondary N) is 2. The lowest BCUT2D eigenvalue weighted by Crippen LogP contribution is -2.28. The van der Waals surface area contributed by atoms with Crippen molar-refractivity contribution in [3.05, 3.63) is 88.4 Å². The molecule has 0 saturated carbocycles. The van der Waals surface area contributed by atoms with Crippen LogP contribution >= 0.6 is 11.3 Å². The number of rotatable bonds is 9. The van der Waals surface area contributed by atoms with Gasteiger partial charge in [0.2, 0.25) is 10.0 Å². The molecule has 1 fully saturated rings. The van der Waals surface area contributed by atoms with Crippen LogP contribution in [0, 0.1) is 6.92 Å². The second-order valence-corrected chi connectivity index (χ2v) is 13.0. The van der Waals surface area contributed by atoms with E-state index in [1.807, 2.05) is 49.0 Å². The minimum atomic E-state index is -3.34. The Balaban J connectivity index is 1.41. The van der Waals surface area contributed by atoms with Crippen LogP contribution in [0.2, 0.25) is 0 Å². The van der Waals surface area contributed by atoms with E-state index in [-0.39, 0.29) is 24.7 Å². The highest BCUT2D eigenvalue weighted by Gasteiger charge is 2.19. The molecule has 0 radical (unpaired) electrons. The Hall–Kier alpha value is -3.31. The van der Waals surface area contributed by atoms with Gasteiger partial charge in [-0.15, -0.1) is 11.3 Å². The molecule has 1 amide bonds. The van der Waals surface area contributed by atoms with Gasteiger partial charge in [0.1, 0.15) is 6.23 Å². The largest absolute Gasteiger partial charge is 0.357 e. The van der Waals surface area contributed by atoms with Gasteiger partial charge in [0, 0.05) is 35.4 Å². The standard InChI is InChI=1S/C30H34N4O4S2/c1-20-9-10-22(19-31-40(3,36)37)15-26(20)30(35)32-21(2)23-16-24(18-25(17-23)28-7-6-14-39-28)27-11-12-34(33-27)29-8-4-5-13-38-29/h6-7,9-12,14-18,21,29,31H,4-5,8,13,19H2,1-3H3,(H,32,35). The number of sulfonamides is 1. The highest BCUT2D eigenvalue weighted by atomic mass is 32.2. The van der Waals surface area contributed by atoms with E-state index in [1.54, 1.807) is 17.4 Å². The summed E-state index contributed by atoms with van der Waals surface area (Å²) in [5, 5.41) is 10.0. The molecule has 10 heteroatoms. The van der Waals surface area contributed by atoms with Crippen LogP contribution in [0.25, 0.3) is 21.7 Å². The van der Waals surface area contributed by atoms with Crippen LogP contribution < -0.4 is 10.0 Å². The SMILES string of the molecule is Cc1ccc(CNS(C)(=O)=O)cc1C(=O)NC(C)c1cc(-c2ccn(C3CCCCO3)n2)cc(-c2cccs2)c1. The molecule has 8 nitrogen and oxygen atoms in total. The maximum absolute atomic E-state index is 13.4. The van der Waals surface area contributed by atoms with Gasteiger partial charge < -0.3 is 10.1 Å². The molecule has 1 aliphatic rings. The number of hydrogen-bond acceptors (Lipinski definition) is 6. The first kappa shape index (κ1) is 28.2. The minimum absolute atomic E-state index is 0.0349. The molecule has 1 aliphatic heterocycles. The first-order valence-electron chi connectivity index (χ1n) is 13.4. The van der Waals surface area contributed by atoms with Gasteiger partial charge in [0.25, 0.3) is 5.91 Å². The van der Waals surface area contributed by atoms with Crippen LogP contribution in [0.1, 0.15) is 65.5 Å². The summed E-state index contributed by atoms with van der Waals surface area (Å²) >= 11 is 1.67. The van der Waals surface area contributed by atoms with Crippen LogP contribution in [0.3, 0.4) is 0 Å². The van der Waals surface area contributed by atoms with Crippen molar-refractivity contribution in [3.8, 4) is 21.7 Å². The molecule has 2 N–H and O–H groups in total. The third-order valence-corrected chi connectivity index (χ3v) is 8.64. The van der Waals surface area contributed by atoms with Crippen molar-refractivity contribution in [2.45, 2.75) is 51.9 Å². The number of benzene rings is 2. The summed E-state index contributed by atoms with van der Waals surface area (Å²) in [5.41, 5.74) is 5.91. The Kier molecular flexibility index (Phi) is 8.51. The van der Waals surface area contributed by atoms with E-state index in [1.165, 1.54) is 0 Å². The fourth-order valence-corrected chi connectivity index (χ4v) is 5.96. The lowest BCUT2D eigenvalue weighted by atomic mass is 9.98. The van der Waals surface area contributed by atoms with Crippen LogP contribution in [0.15, 0.2) is 66.2 Å². The molecule has 2 aromatic carbocycles. The summed E-state index contributed by atoms with van der Waals surface area (Å²) in [5.74, 6) is -0.215. The second-order valence-electron chi connectivity index (χ2n) is 10.3. The molecular weight excluding hydrogens is 544 g/mol. The number of amides is 1. The number of ether oxygens (including phenoxy) is 1. The highest BCUT2D eigenvalue weighted by Crippen LogP contribution is 2.33. The van der Waals surface area contributed by atoms with Crippen molar-refractivity contribution >= 4 is 27.3 Å². The summed E-state index contributed by atoms with van der Waals surface area (Å²) in [7, 11) is -3.34. The highest BCUT2D eigenvalue weighted by molar-refractivity contribution is 7.88. The first-order chi connectivity index (χ1) is 19.2. The molecule has 2 unspecified atom stereocenters. The van der Waals surface area contributed by atoms with E-state index in [0.717, 1.165) is 64.9 Å². The number of carbonyl (C=O) groups is 1. The summed E-state index contributed by atoms with van der Waals surface area (Å²) in [6, 6.07) is 17.6. The summed E-state index contributed by atoms with van der Waals surface area (Å²) in [6.45, 7) is 4.72. The van der Waals surface area contributed by atoms with Crippen molar-refractivity contribution < 1.29 is 17.9 Å². The Morgan fingerprint density at radius 2 is 1.98 bits per heavy atom. The molecule has 1 saturated heterocycles. The lowest BCUT2D eigenvalue weighted by Gasteiger charge is -2.22. The average Bonchev–Trinajstić information content (AvgIpc) is 3.66.